The quantitative estimate of drug-likeness (QED) is 0.828. The molecule has 0 aliphatic heterocycles. The molecule has 4 nitrogen and oxygen atoms in total. The molecule has 1 aromatic carbocycles. The highest BCUT2D eigenvalue weighted by Crippen LogP contribution is 2.33. The minimum atomic E-state index is -1.74. The SMILES string of the molecule is CC(=O)C(Cl)c1cccc(C(O)C(=O)O)c1Cl. The Bertz CT molecular complexity index is 421. The van der Waals surface area contributed by atoms with Crippen molar-refractivity contribution in [2.75, 3.05) is 0 Å². The number of aliphatic hydroxyl groups excluding tert-OH is 1. The summed E-state index contributed by atoms with van der Waals surface area (Å²) in [4.78, 5) is 21.8. The Morgan fingerprint density at radius 3 is 2.29 bits per heavy atom. The lowest BCUT2D eigenvalue weighted by molar-refractivity contribution is -0.146. The van der Waals surface area contributed by atoms with Crippen LogP contribution in [0.5, 0.6) is 0 Å². The van der Waals surface area contributed by atoms with Crippen LogP contribution in [0, 0.1) is 0 Å². The van der Waals surface area contributed by atoms with Gasteiger partial charge in [0.25, 0.3) is 0 Å². The van der Waals surface area contributed by atoms with Crippen LogP contribution in [-0.2, 0) is 9.59 Å². The van der Waals surface area contributed by atoms with Gasteiger partial charge in [-0.1, -0.05) is 29.8 Å². The van der Waals surface area contributed by atoms with Crippen molar-refractivity contribution < 1.29 is 19.8 Å². The number of aliphatic carboxylic acids is 1. The molecule has 1 rings (SSSR count). The van der Waals surface area contributed by atoms with Crippen LogP contribution in [0.3, 0.4) is 0 Å². The smallest absolute Gasteiger partial charge is 0.337 e. The Labute approximate surface area is 108 Å². The number of ketones is 1. The van der Waals surface area contributed by atoms with Crippen molar-refractivity contribution in [2.24, 2.45) is 0 Å². The lowest BCUT2D eigenvalue weighted by atomic mass is 10.0. The molecule has 0 saturated carbocycles. The molecular weight excluding hydrogens is 267 g/mol. The lowest BCUT2D eigenvalue weighted by Gasteiger charge is -2.14. The summed E-state index contributed by atoms with van der Waals surface area (Å²) in [5, 5.41) is 17.1. The minimum Gasteiger partial charge on any atom is -0.479 e. The van der Waals surface area contributed by atoms with Gasteiger partial charge in [0.2, 0.25) is 0 Å². The van der Waals surface area contributed by atoms with Crippen LogP contribution in [-0.4, -0.2) is 22.0 Å². The first-order chi connectivity index (χ1) is 7.86. The van der Waals surface area contributed by atoms with Gasteiger partial charge in [0.15, 0.2) is 11.9 Å². The van der Waals surface area contributed by atoms with Crippen molar-refractivity contribution in [3.8, 4) is 0 Å². The zero-order chi connectivity index (χ0) is 13.2. The van der Waals surface area contributed by atoms with Crippen LogP contribution in [0.15, 0.2) is 18.2 Å². The molecule has 0 aliphatic carbocycles. The molecule has 0 aliphatic rings. The van der Waals surface area contributed by atoms with Crippen molar-refractivity contribution in [3.63, 3.8) is 0 Å². The van der Waals surface area contributed by atoms with E-state index in [1.807, 2.05) is 0 Å². The van der Waals surface area contributed by atoms with Gasteiger partial charge in [-0.2, -0.15) is 0 Å². The number of benzene rings is 1. The van der Waals surface area contributed by atoms with Gasteiger partial charge in [-0.25, -0.2) is 4.79 Å². The normalized spacial score (nSPS) is 14.1. The third kappa shape index (κ3) is 2.97. The fraction of sp³-hybridized carbons (Fsp3) is 0.273. The number of carbonyl (C=O) groups is 2. The summed E-state index contributed by atoms with van der Waals surface area (Å²) in [7, 11) is 0. The van der Waals surface area contributed by atoms with Crippen LogP contribution in [0.2, 0.25) is 5.02 Å². The molecule has 2 atom stereocenters. The standard InChI is InChI=1S/C11H10Cl2O4/c1-5(14)8(12)6-3-2-4-7(9(6)13)10(15)11(16)17/h2-4,8,10,15H,1H3,(H,16,17). The van der Waals surface area contributed by atoms with Gasteiger partial charge in [0.1, 0.15) is 5.38 Å². The average molecular weight is 277 g/mol. The largest absolute Gasteiger partial charge is 0.479 e. The van der Waals surface area contributed by atoms with Crippen LogP contribution >= 0.6 is 23.2 Å². The molecule has 0 saturated heterocycles. The molecule has 1 aromatic rings. The number of halogens is 2. The second-order valence-corrected chi connectivity index (χ2v) is 4.28. The monoisotopic (exact) mass is 276 g/mol. The summed E-state index contributed by atoms with van der Waals surface area (Å²) in [5.41, 5.74) is 0.308. The number of alkyl halides is 1. The highest BCUT2D eigenvalue weighted by atomic mass is 35.5. The molecule has 0 aromatic heterocycles. The molecule has 0 bridgehead atoms. The van der Waals surface area contributed by atoms with Gasteiger partial charge in [-0.15, -0.1) is 11.6 Å². The van der Waals surface area contributed by atoms with Crippen LogP contribution in [0.25, 0.3) is 0 Å². The molecule has 0 radical (unpaired) electrons. The van der Waals surface area contributed by atoms with Crippen LogP contribution < -0.4 is 0 Å². The molecular formula is C11H10Cl2O4. The van der Waals surface area contributed by atoms with E-state index in [-0.39, 0.29) is 16.4 Å². The van der Waals surface area contributed by atoms with Gasteiger partial charge < -0.3 is 10.2 Å². The number of aliphatic hydroxyl groups is 1. The Balaban J connectivity index is 3.25. The zero-order valence-electron chi connectivity index (χ0n) is 8.85. The van der Waals surface area contributed by atoms with E-state index in [2.05, 4.69) is 0 Å². The molecule has 92 valence electrons. The number of Topliss-reactive ketones (excluding diaryl/α,β-unsaturated/α-hetero) is 1. The van der Waals surface area contributed by atoms with Crippen LogP contribution in [0.1, 0.15) is 29.5 Å². The highest BCUT2D eigenvalue weighted by Gasteiger charge is 2.24. The van der Waals surface area contributed by atoms with Gasteiger partial charge in [-0.3, -0.25) is 4.79 Å². The number of carboxylic acid groups (broad SMARTS) is 1. The lowest BCUT2D eigenvalue weighted by Crippen LogP contribution is -2.12. The fourth-order valence-electron chi connectivity index (χ4n) is 1.33. The minimum absolute atomic E-state index is 0.00222. The Morgan fingerprint density at radius 2 is 1.82 bits per heavy atom. The molecule has 2 N–H and O–H groups in total. The van der Waals surface area contributed by atoms with E-state index in [9.17, 15) is 14.7 Å². The van der Waals surface area contributed by atoms with E-state index in [0.29, 0.717) is 5.56 Å². The van der Waals surface area contributed by atoms with Crippen molar-refractivity contribution in [2.45, 2.75) is 18.4 Å². The number of rotatable bonds is 4. The summed E-state index contributed by atoms with van der Waals surface area (Å²) in [6.07, 6.45) is -1.74. The third-order valence-corrected chi connectivity index (χ3v) is 3.20. The van der Waals surface area contributed by atoms with E-state index in [1.54, 1.807) is 0 Å². The zero-order valence-corrected chi connectivity index (χ0v) is 10.4. The highest BCUT2D eigenvalue weighted by molar-refractivity contribution is 6.36. The maximum absolute atomic E-state index is 11.1. The molecule has 17 heavy (non-hydrogen) atoms. The second kappa shape index (κ2) is 5.49. The molecule has 0 amide bonds. The summed E-state index contributed by atoms with van der Waals surface area (Å²) in [5.74, 6) is -1.73. The van der Waals surface area contributed by atoms with E-state index in [0.717, 1.165) is 0 Å². The molecule has 0 fully saturated rings. The molecule has 0 heterocycles. The van der Waals surface area contributed by atoms with E-state index in [1.165, 1.54) is 25.1 Å². The molecule has 0 spiro atoms. The third-order valence-electron chi connectivity index (χ3n) is 2.22. The first-order valence-corrected chi connectivity index (χ1v) is 5.51. The maximum Gasteiger partial charge on any atom is 0.337 e. The van der Waals surface area contributed by atoms with Gasteiger partial charge in [0.05, 0.1) is 5.02 Å². The van der Waals surface area contributed by atoms with Gasteiger partial charge in [0, 0.05) is 5.56 Å². The summed E-state index contributed by atoms with van der Waals surface area (Å²) < 4.78 is 0. The Hall–Kier alpha value is -1.10. The number of carboxylic acids is 1. The van der Waals surface area contributed by atoms with Crippen molar-refractivity contribution in [1.82, 2.24) is 0 Å². The fourth-order valence-corrected chi connectivity index (χ4v) is 1.90. The topological polar surface area (TPSA) is 74.6 Å². The first-order valence-electron chi connectivity index (χ1n) is 4.70. The maximum atomic E-state index is 11.1. The number of hydrogen-bond donors (Lipinski definition) is 2. The van der Waals surface area contributed by atoms with E-state index in [4.69, 9.17) is 28.3 Å². The predicted octanol–water partition coefficient (Wildman–Crippen LogP) is 2.33. The van der Waals surface area contributed by atoms with Gasteiger partial charge >= 0.3 is 5.97 Å². The summed E-state index contributed by atoms with van der Waals surface area (Å²) in [6, 6.07) is 4.37. The Kier molecular flexibility index (Phi) is 4.51. The average Bonchev–Trinajstić information content (AvgIpc) is 2.27. The predicted molar refractivity (Wildman–Crippen MR) is 63.3 cm³/mol. The van der Waals surface area contributed by atoms with Crippen LogP contribution in [0.4, 0.5) is 0 Å². The molecule has 6 heteroatoms. The van der Waals surface area contributed by atoms with E-state index < -0.39 is 17.5 Å². The van der Waals surface area contributed by atoms with Crippen molar-refractivity contribution in [1.29, 1.82) is 0 Å². The van der Waals surface area contributed by atoms with E-state index >= 15 is 0 Å². The summed E-state index contributed by atoms with van der Waals surface area (Å²) in [6.45, 7) is 1.30. The first kappa shape index (κ1) is 14.0. The van der Waals surface area contributed by atoms with Crippen molar-refractivity contribution in [3.05, 3.63) is 34.3 Å². The van der Waals surface area contributed by atoms with Crippen molar-refractivity contribution >= 4 is 35.0 Å². The number of hydrogen-bond acceptors (Lipinski definition) is 3. The molecule has 2 unspecified atom stereocenters. The Morgan fingerprint density at radius 1 is 1.29 bits per heavy atom. The second-order valence-electron chi connectivity index (χ2n) is 3.46. The number of carbonyl (C=O) groups excluding carboxylic acids is 1. The summed E-state index contributed by atoms with van der Waals surface area (Å²) >= 11 is 11.8. The van der Waals surface area contributed by atoms with Gasteiger partial charge in [-0.05, 0) is 12.5 Å².